The van der Waals surface area contributed by atoms with Crippen molar-refractivity contribution < 1.29 is 9.84 Å². The molecule has 0 spiro atoms. The van der Waals surface area contributed by atoms with Gasteiger partial charge in [-0.15, -0.1) is 0 Å². The van der Waals surface area contributed by atoms with Crippen LogP contribution in [0.25, 0.3) is 0 Å². The Kier molecular flexibility index (Phi) is 2.83. The molecule has 3 rings (SSSR count). The maximum Gasteiger partial charge on any atom is 0.120 e. The summed E-state index contributed by atoms with van der Waals surface area (Å²) >= 11 is 1.84. The molecule has 2 aliphatic rings. The van der Waals surface area contributed by atoms with E-state index in [4.69, 9.17) is 4.74 Å². The lowest BCUT2D eigenvalue weighted by molar-refractivity contribution is 0.0609. The Morgan fingerprint density at radius 2 is 2.24 bits per heavy atom. The van der Waals surface area contributed by atoms with Crippen LogP contribution in [0.3, 0.4) is 0 Å². The van der Waals surface area contributed by atoms with Crippen LogP contribution in [0.4, 0.5) is 0 Å². The molecule has 1 N–H and O–H groups in total. The fourth-order valence-electron chi connectivity index (χ4n) is 2.31. The molecule has 1 aromatic rings. The highest BCUT2D eigenvalue weighted by atomic mass is 32.2. The first-order valence-corrected chi connectivity index (χ1v) is 7.32. The molecule has 1 aliphatic carbocycles. The number of hydrogen-bond acceptors (Lipinski definition) is 3. The summed E-state index contributed by atoms with van der Waals surface area (Å²) in [7, 11) is 0. The van der Waals surface area contributed by atoms with E-state index in [0.717, 1.165) is 23.5 Å². The average molecular weight is 250 g/mol. The standard InChI is InChI=1S/C14H18O2S/c1-10-8-14(15,9-17-10)11-3-2-4-13(7-11)16-12-5-6-12/h2-4,7,10,12,15H,5-6,8-9H2,1H3. The van der Waals surface area contributed by atoms with Gasteiger partial charge in [0.05, 0.1) is 11.7 Å². The summed E-state index contributed by atoms with van der Waals surface area (Å²) in [4.78, 5) is 0. The zero-order valence-corrected chi connectivity index (χ0v) is 10.9. The number of hydrogen-bond donors (Lipinski definition) is 1. The van der Waals surface area contributed by atoms with Gasteiger partial charge in [-0.25, -0.2) is 0 Å². The minimum Gasteiger partial charge on any atom is -0.490 e. The van der Waals surface area contributed by atoms with Crippen molar-refractivity contribution in [2.45, 2.75) is 43.1 Å². The highest BCUT2D eigenvalue weighted by molar-refractivity contribution is 8.00. The van der Waals surface area contributed by atoms with Gasteiger partial charge < -0.3 is 9.84 Å². The monoisotopic (exact) mass is 250 g/mol. The summed E-state index contributed by atoms with van der Waals surface area (Å²) < 4.78 is 5.78. The van der Waals surface area contributed by atoms with E-state index in [1.165, 1.54) is 12.8 Å². The third-order valence-corrected chi connectivity index (χ3v) is 4.81. The molecule has 17 heavy (non-hydrogen) atoms. The van der Waals surface area contributed by atoms with Crippen LogP contribution < -0.4 is 4.74 Å². The molecular formula is C14H18O2S. The van der Waals surface area contributed by atoms with Crippen LogP contribution in [0.2, 0.25) is 0 Å². The molecule has 92 valence electrons. The predicted molar refractivity (Wildman–Crippen MR) is 70.5 cm³/mol. The summed E-state index contributed by atoms with van der Waals surface area (Å²) in [5.74, 6) is 1.70. The van der Waals surface area contributed by atoms with E-state index in [2.05, 4.69) is 6.92 Å². The molecule has 1 aromatic carbocycles. The molecule has 2 fully saturated rings. The Balaban J connectivity index is 1.81. The molecule has 0 amide bonds. The third-order valence-electron chi connectivity index (χ3n) is 3.43. The lowest BCUT2D eigenvalue weighted by Gasteiger charge is -2.22. The van der Waals surface area contributed by atoms with E-state index < -0.39 is 5.60 Å². The number of benzene rings is 1. The molecular weight excluding hydrogens is 232 g/mol. The summed E-state index contributed by atoms with van der Waals surface area (Å²) in [6, 6.07) is 7.99. The highest BCUT2D eigenvalue weighted by Crippen LogP contribution is 2.42. The fraction of sp³-hybridized carbons (Fsp3) is 0.571. The van der Waals surface area contributed by atoms with Crippen molar-refractivity contribution in [1.82, 2.24) is 0 Å². The van der Waals surface area contributed by atoms with Crippen LogP contribution in [0, 0.1) is 0 Å². The Hall–Kier alpha value is -0.670. The summed E-state index contributed by atoms with van der Waals surface area (Å²) in [6.07, 6.45) is 3.59. The molecule has 3 heteroatoms. The zero-order chi connectivity index (χ0) is 11.9. The number of aliphatic hydroxyl groups is 1. The van der Waals surface area contributed by atoms with E-state index in [1.807, 2.05) is 36.0 Å². The van der Waals surface area contributed by atoms with Gasteiger partial charge in [-0.05, 0) is 37.0 Å². The maximum absolute atomic E-state index is 10.6. The molecule has 1 saturated heterocycles. The Morgan fingerprint density at radius 1 is 1.41 bits per heavy atom. The van der Waals surface area contributed by atoms with E-state index in [1.54, 1.807) is 0 Å². The molecule has 1 saturated carbocycles. The fourth-order valence-corrected chi connectivity index (χ4v) is 3.55. The zero-order valence-electron chi connectivity index (χ0n) is 10.1. The smallest absolute Gasteiger partial charge is 0.120 e. The molecule has 0 aromatic heterocycles. The van der Waals surface area contributed by atoms with Crippen LogP contribution >= 0.6 is 11.8 Å². The molecule has 0 radical (unpaired) electrons. The summed E-state index contributed by atoms with van der Waals surface area (Å²) in [6.45, 7) is 2.17. The van der Waals surface area contributed by atoms with Gasteiger partial charge >= 0.3 is 0 Å². The first-order valence-electron chi connectivity index (χ1n) is 6.27. The molecule has 2 atom stereocenters. The molecule has 2 unspecified atom stereocenters. The van der Waals surface area contributed by atoms with Crippen molar-refractivity contribution in [3.63, 3.8) is 0 Å². The van der Waals surface area contributed by atoms with Crippen LogP contribution in [0.5, 0.6) is 5.75 Å². The minimum atomic E-state index is -0.660. The van der Waals surface area contributed by atoms with Gasteiger partial charge in [-0.1, -0.05) is 19.1 Å². The van der Waals surface area contributed by atoms with Gasteiger partial charge in [0, 0.05) is 11.0 Å². The second kappa shape index (κ2) is 4.21. The van der Waals surface area contributed by atoms with Crippen molar-refractivity contribution >= 4 is 11.8 Å². The second-order valence-electron chi connectivity index (χ2n) is 5.20. The Bertz CT molecular complexity index is 416. The molecule has 0 bridgehead atoms. The molecule has 2 nitrogen and oxygen atoms in total. The maximum atomic E-state index is 10.6. The third kappa shape index (κ3) is 2.45. The van der Waals surface area contributed by atoms with Crippen LogP contribution in [0.1, 0.15) is 31.7 Å². The highest BCUT2D eigenvalue weighted by Gasteiger charge is 2.37. The van der Waals surface area contributed by atoms with Gasteiger partial charge in [0.15, 0.2) is 0 Å². The number of rotatable bonds is 3. The van der Waals surface area contributed by atoms with Crippen LogP contribution in [-0.2, 0) is 5.60 Å². The topological polar surface area (TPSA) is 29.5 Å². The van der Waals surface area contributed by atoms with E-state index in [9.17, 15) is 5.11 Å². The minimum absolute atomic E-state index is 0.414. The van der Waals surface area contributed by atoms with E-state index in [-0.39, 0.29) is 0 Å². The molecule has 1 aliphatic heterocycles. The lowest BCUT2D eigenvalue weighted by atomic mass is 9.91. The normalized spacial score (nSPS) is 32.7. The predicted octanol–water partition coefficient (Wildman–Crippen LogP) is 2.94. The SMILES string of the molecule is CC1CC(O)(c2cccc(OC3CC3)c2)CS1. The Morgan fingerprint density at radius 3 is 2.88 bits per heavy atom. The molecule has 1 heterocycles. The summed E-state index contributed by atoms with van der Waals surface area (Å²) in [5.41, 5.74) is 0.347. The summed E-state index contributed by atoms with van der Waals surface area (Å²) in [5, 5.41) is 11.2. The first kappa shape index (κ1) is 11.4. The van der Waals surface area contributed by atoms with Gasteiger partial charge in [-0.3, -0.25) is 0 Å². The van der Waals surface area contributed by atoms with Crippen molar-refractivity contribution in [3.05, 3.63) is 29.8 Å². The average Bonchev–Trinajstić information content (AvgIpc) is 3.04. The van der Waals surface area contributed by atoms with Crippen LogP contribution in [0.15, 0.2) is 24.3 Å². The number of thioether (sulfide) groups is 1. The van der Waals surface area contributed by atoms with Gasteiger partial charge in [0.25, 0.3) is 0 Å². The second-order valence-corrected chi connectivity index (χ2v) is 6.63. The largest absolute Gasteiger partial charge is 0.490 e. The Labute approximate surface area is 106 Å². The van der Waals surface area contributed by atoms with Crippen LogP contribution in [-0.4, -0.2) is 22.2 Å². The number of ether oxygens (including phenoxy) is 1. The van der Waals surface area contributed by atoms with Gasteiger partial charge in [0.1, 0.15) is 5.75 Å². The van der Waals surface area contributed by atoms with E-state index >= 15 is 0 Å². The van der Waals surface area contributed by atoms with E-state index in [0.29, 0.717) is 11.4 Å². The van der Waals surface area contributed by atoms with Crippen molar-refractivity contribution in [3.8, 4) is 5.75 Å². The van der Waals surface area contributed by atoms with Gasteiger partial charge in [0.2, 0.25) is 0 Å². The van der Waals surface area contributed by atoms with Crippen molar-refractivity contribution in [2.75, 3.05) is 5.75 Å². The quantitative estimate of drug-likeness (QED) is 0.894. The first-order chi connectivity index (χ1) is 8.16. The van der Waals surface area contributed by atoms with Crippen molar-refractivity contribution in [2.24, 2.45) is 0 Å². The van der Waals surface area contributed by atoms with Gasteiger partial charge in [-0.2, -0.15) is 11.8 Å². The van der Waals surface area contributed by atoms with Crippen molar-refractivity contribution in [1.29, 1.82) is 0 Å². The lowest BCUT2D eigenvalue weighted by Crippen LogP contribution is -2.25.